The summed E-state index contributed by atoms with van der Waals surface area (Å²) in [5, 5.41) is 3.00. The van der Waals surface area contributed by atoms with E-state index in [4.69, 9.17) is 4.74 Å². The van der Waals surface area contributed by atoms with Crippen molar-refractivity contribution in [1.82, 2.24) is 0 Å². The van der Waals surface area contributed by atoms with Crippen LogP contribution < -0.4 is 10.1 Å². The minimum absolute atomic E-state index is 0.0644. The molecular formula is C28H33Br2NO5. The topological polar surface area (TPSA) is 89.5 Å². The van der Waals surface area contributed by atoms with E-state index in [0.29, 0.717) is 37.1 Å². The van der Waals surface area contributed by atoms with Gasteiger partial charge in [-0.25, -0.2) is 0 Å². The summed E-state index contributed by atoms with van der Waals surface area (Å²) < 4.78 is 5.82. The zero-order valence-electron chi connectivity index (χ0n) is 21.6. The van der Waals surface area contributed by atoms with Crippen molar-refractivity contribution >= 4 is 61.0 Å². The van der Waals surface area contributed by atoms with E-state index in [0.717, 1.165) is 0 Å². The van der Waals surface area contributed by atoms with Crippen molar-refractivity contribution in [2.45, 2.75) is 76.9 Å². The Morgan fingerprint density at radius 2 is 1.22 bits per heavy atom. The third-order valence-electron chi connectivity index (χ3n) is 11.5. The van der Waals surface area contributed by atoms with Crippen LogP contribution in [0.15, 0.2) is 24.3 Å². The lowest BCUT2D eigenvalue weighted by atomic mass is 9.64. The Balaban J connectivity index is 1.34. The highest BCUT2D eigenvalue weighted by Crippen LogP contribution is 2.73. The van der Waals surface area contributed by atoms with E-state index in [1.54, 1.807) is 24.3 Å². The van der Waals surface area contributed by atoms with E-state index >= 15 is 0 Å². The number of ketones is 2. The number of anilines is 1. The number of fused-ring (bicyclic) bond motifs is 4. The van der Waals surface area contributed by atoms with E-state index in [9.17, 15) is 19.2 Å². The zero-order chi connectivity index (χ0) is 26.7. The van der Waals surface area contributed by atoms with Crippen LogP contribution in [-0.4, -0.2) is 33.1 Å². The molecule has 194 valence electrons. The van der Waals surface area contributed by atoms with Gasteiger partial charge in [-0.1, -0.05) is 73.4 Å². The van der Waals surface area contributed by atoms with Gasteiger partial charge in [0.25, 0.3) is 0 Å². The van der Waals surface area contributed by atoms with E-state index < -0.39 is 48.1 Å². The van der Waals surface area contributed by atoms with Gasteiger partial charge in [-0.3, -0.25) is 19.2 Å². The molecule has 4 saturated carbocycles. The summed E-state index contributed by atoms with van der Waals surface area (Å²) in [6.45, 7) is 11.9. The van der Waals surface area contributed by atoms with Crippen LogP contribution >= 0.6 is 31.9 Å². The van der Waals surface area contributed by atoms with Crippen molar-refractivity contribution in [2.24, 2.45) is 32.5 Å². The summed E-state index contributed by atoms with van der Waals surface area (Å²) in [5.74, 6) is -0.0620. The van der Waals surface area contributed by atoms with Gasteiger partial charge in [0.2, 0.25) is 5.91 Å². The molecule has 0 radical (unpaired) electrons. The molecule has 4 fully saturated rings. The Hall–Kier alpha value is -1.54. The first-order valence-electron chi connectivity index (χ1n) is 12.6. The minimum Gasteiger partial charge on any atom is -0.426 e. The molecule has 0 heterocycles. The molecular weight excluding hydrogens is 590 g/mol. The van der Waals surface area contributed by atoms with Crippen LogP contribution in [0.3, 0.4) is 0 Å². The molecule has 1 aromatic rings. The lowest BCUT2D eigenvalue weighted by molar-refractivity contribution is -0.151. The minimum atomic E-state index is -0.925. The predicted molar refractivity (Wildman–Crippen MR) is 143 cm³/mol. The number of alkyl halides is 2. The van der Waals surface area contributed by atoms with E-state index in [1.165, 1.54) is 0 Å². The number of halogens is 2. The molecule has 4 aliphatic rings. The number of Topliss-reactive ketones (excluding diaryl/α,β-unsaturated/α-hetero) is 2. The molecule has 1 amide bonds. The first kappa shape index (κ1) is 26.1. The van der Waals surface area contributed by atoms with Crippen LogP contribution in [-0.2, 0) is 19.2 Å². The van der Waals surface area contributed by atoms with Crippen molar-refractivity contribution in [2.75, 3.05) is 5.32 Å². The van der Waals surface area contributed by atoms with Crippen LogP contribution in [0.25, 0.3) is 0 Å². The molecule has 6 atom stereocenters. The van der Waals surface area contributed by atoms with E-state index in [1.807, 2.05) is 41.5 Å². The molecule has 0 saturated heterocycles. The van der Waals surface area contributed by atoms with Gasteiger partial charge in [0, 0.05) is 16.5 Å². The van der Waals surface area contributed by atoms with Crippen molar-refractivity contribution in [3.63, 3.8) is 0 Å². The fourth-order valence-corrected chi connectivity index (χ4v) is 10.9. The van der Waals surface area contributed by atoms with Gasteiger partial charge in [0.1, 0.15) is 5.75 Å². The molecule has 1 aromatic carbocycles. The molecule has 6 unspecified atom stereocenters. The lowest BCUT2D eigenvalue weighted by Gasteiger charge is -2.39. The second kappa shape index (κ2) is 7.52. The fraction of sp³-hybridized carbons (Fsp3) is 0.643. The van der Waals surface area contributed by atoms with Crippen LogP contribution in [0.5, 0.6) is 5.75 Å². The molecule has 4 aliphatic carbocycles. The molecule has 1 N–H and O–H groups in total. The third kappa shape index (κ3) is 2.63. The average Bonchev–Trinajstić information content (AvgIpc) is 3.25. The Labute approximate surface area is 228 Å². The number of esters is 1. The highest BCUT2D eigenvalue weighted by molar-refractivity contribution is 9.10. The highest BCUT2D eigenvalue weighted by Gasteiger charge is 2.78. The molecule has 0 aliphatic heterocycles. The summed E-state index contributed by atoms with van der Waals surface area (Å²) in [6.07, 6.45) is 2.59. The maximum Gasteiger partial charge on any atom is 0.319 e. The first-order valence-corrected chi connectivity index (χ1v) is 14.4. The summed E-state index contributed by atoms with van der Waals surface area (Å²) in [4.78, 5) is 51.9. The van der Waals surface area contributed by atoms with Gasteiger partial charge >= 0.3 is 5.97 Å². The van der Waals surface area contributed by atoms with Crippen LogP contribution in [0.1, 0.15) is 67.2 Å². The van der Waals surface area contributed by atoms with Crippen LogP contribution in [0.2, 0.25) is 0 Å². The largest absolute Gasteiger partial charge is 0.426 e. The average molecular weight is 623 g/mol. The van der Waals surface area contributed by atoms with Crippen molar-refractivity contribution < 1.29 is 23.9 Å². The van der Waals surface area contributed by atoms with Gasteiger partial charge in [-0.2, -0.15) is 0 Å². The molecule has 0 spiro atoms. The summed E-state index contributed by atoms with van der Waals surface area (Å²) in [5.41, 5.74) is -3.31. The number of hydrogen-bond acceptors (Lipinski definition) is 5. The molecule has 36 heavy (non-hydrogen) atoms. The highest BCUT2D eigenvalue weighted by atomic mass is 79.9. The standard InChI is InChI=1S/C28H33Br2NO5/c1-23(2)25(5)11-13-27(23,17(29)19(25)32)21(34)31-15-7-9-16(10-8-15)36-22(35)28-14-12-26(6,24(28,3)4)20(33)18(28)30/h7-10,17-18H,11-14H2,1-6H3,(H,31,34). The number of benzene rings is 1. The normalized spacial score (nSPS) is 41.6. The number of carbonyl (C=O) groups excluding carboxylic acids is 4. The SMILES string of the molecule is CC12CCC(C(=O)Nc3ccc(OC(=O)C45CCC(C)(C(=O)C4Br)C5(C)C)cc3)(C(Br)C1=O)C2(C)C. The lowest BCUT2D eigenvalue weighted by Crippen LogP contribution is -2.48. The first-order chi connectivity index (χ1) is 16.5. The van der Waals surface area contributed by atoms with Crippen LogP contribution in [0.4, 0.5) is 5.69 Å². The molecule has 5 rings (SSSR count). The second-order valence-electron chi connectivity index (χ2n) is 12.7. The summed E-state index contributed by atoms with van der Waals surface area (Å²) in [6, 6.07) is 6.70. The Bertz CT molecular complexity index is 1120. The molecule has 8 heteroatoms. The Kier molecular flexibility index (Phi) is 5.45. The number of amides is 1. The maximum absolute atomic E-state index is 13.6. The van der Waals surface area contributed by atoms with E-state index in [-0.39, 0.29) is 17.5 Å². The zero-order valence-corrected chi connectivity index (χ0v) is 24.8. The van der Waals surface area contributed by atoms with Crippen molar-refractivity contribution in [1.29, 1.82) is 0 Å². The van der Waals surface area contributed by atoms with Gasteiger partial charge in [-0.15, -0.1) is 0 Å². The Morgan fingerprint density at radius 1 is 0.778 bits per heavy atom. The number of rotatable bonds is 4. The number of carbonyl (C=O) groups is 4. The monoisotopic (exact) mass is 621 g/mol. The van der Waals surface area contributed by atoms with Gasteiger partial charge in [0.15, 0.2) is 11.6 Å². The molecule has 6 nitrogen and oxygen atoms in total. The molecule has 0 aromatic heterocycles. The summed E-state index contributed by atoms with van der Waals surface area (Å²) >= 11 is 7.08. The van der Waals surface area contributed by atoms with Gasteiger partial charge < -0.3 is 10.1 Å². The van der Waals surface area contributed by atoms with Crippen molar-refractivity contribution in [3.05, 3.63) is 24.3 Å². The predicted octanol–water partition coefficient (Wildman–Crippen LogP) is 5.85. The quantitative estimate of drug-likeness (QED) is 0.259. The number of nitrogens with one attached hydrogen (secondary N) is 1. The number of hydrogen-bond donors (Lipinski definition) is 1. The Morgan fingerprint density at radius 3 is 1.67 bits per heavy atom. The van der Waals surface area contributed by atoms with E-state index in [2.05, 4.69) is 37.2 Å². The molecule has 4 bridgehead atoms. The smallest absolute Gasteiger partial charge is 0.319 e. The second-order valence-corrected chi connectivity index (χ2v) is 14.5. The number of ether oxygens (including phenoxy) is 1. The van der Waals surface area contributed by atoms with Gasteiger partial charge in [-0.05, 0) is 60.8 Å². The maximum atomic E-state index is 13.6. The fourth-order valence-electron chi connectivity index (χ4n) is 7.91. The van der Waals surface area contributed by atoms with Gasteiger partial charge in [0.05, 0.1) is 20.5 Å². The third-order valence-corrected chi connectivity index (χ3v) is 13.9. The van der Waals surface area contributed by atoms with Crippen molar-refractivity contribution in [3.8, 4) is 5.75 Å². The summed E-state index contributed by atoms with van der Waals surface area (Å²) in [7, 11) is 0. The van der Waals surface area contributed by atoms with Crippen LogP contribution in [0, 0.1) is 32.5 Å².